The van der Waals surface area contributed by atoms with Gasteiger partial charge in [-0.25, -0.2) is 0 Å². The fourth-order valence-electron chi connectivity index (χ4n) is 3.33. The highest BCUT2D eigenvalue weighted by Crippen LogP contribution is 2.21. The third-order valence-corrected chi connectivity index (χ3v) is 4.58. The highest BCUT2D eigenvalue weighted by molar-refractivity contribution is 5.82. The van der Waals surface area contributed by atoms with E-state index in [2.05, 4.69) is 0 Å². The van der Waals surface area contributed by atoms with E-state index in [9.17, 15) is 9.59 Å². The molecule has 2 atom stereocenters. The van der Waals surface area contributed by atoms with Crippen LogP contribution in [0.15, 0.2) is 41.3 Å². The summed E-state index contributed by atoms with van der Waals surface area (Å²) in [4.78, 5) is 26.6. The predicted molar refractivity (Wildman–Crippen MR) is 91.0 cm³/mol. The molecule has 0 saturated carbocycles. The zero-order chi connectivity index (χ0) is 17.1. The Morgan fingerprint density at radius 3 is 2.79 bits per heavy atom. The van der Waals surface area contributed by atoms with Crippen molar-refractivity contribution in [2.45, 2.75) is 25.1 Å². The number of para-hydroxylation sites is 1. The van der Waals surface area contributed by atoms with Gasteiger partial charge in [0.25, 0.3) is 0 Å². The van der Waals surface area contributed by atoms with Crippen molar-refractivity contribution in [2.24, 2.45) is 0 Å². The lowest BCUT2D eigenvalue weighted by atomic mass is 10.2. The van der Waals surface area contributed by atoms with Gasteiger partial charge in [0.2, 0.25) is 5.91 Å². The van der Waals surface area contributed by atoms with E-state index in [1.165, 1.54) is 6.07 Å². The van der Waals surface area contributed by atoms with Crippen LogP contribution in [0.1, 0.15) is 6.42 Å². The Labute approximate surface area is 140 Å². The Morgan fingerprint density at radius 1 is 1.25 bits per heavy atom. The first-order valence-electron chi connectivity index (χ1n) is 8.03. The summed E-state index contributed by atoms with van der Waals surface area (Å²) in [6.07, 6.45) is 2.50. The number of methoxy groups -OCH3 is 2. The Morgan fingerprint density at radius 2 is 2.04 bits per heavy atom. The number of likely N-dealkylation sites (tertiary alicyclic amines) is 1. The molecule has 6 nitrogen and oxygen atoms in total. The average molecular weight is 330 g/mol. The highest BCUT2D eigenvalue weighted by atomic mass is 16.5. The second-order valence-corrected chi connectivity index (χ2v) is 6.07. The predicted octanol–water partition coefficient (Wildman–Crippen LogP) is 1.26. The van der Waals surface area contributed by atoms with Crippen LogP contribution in [-0.2, 0) is 20.8 Å². The number of hydrogen-bond donors (Lipinski definition) is 0. The van der Waals surface area contributed by atoms with Gasteiger partial charge in [-0.1, -0.05) is 12.1 Å². The van der Waals surface area contributed by atoms with E-state index in [0.29, 0.717) is 18.5 Å². The lowest BCUT2D eigenvalue weighted by molar-refractivity contribution is -0.133. The van der Waals surface area contributed by atoms with Crippen LogP contribution in [0, 0.1) is 0 Å². The lowest BCUT2D eigenvalue weighted by Crippen LogP contribution is -2.40. The molecule has 24 heavy (non-hydrogen) atoms. The molecular weight excluding hydrogens is 308 g/mol. The molecule has 0 N–H and O–H groups in total. The minimum absolute atomic E-state index is 0.00500. The van der Waals surface area contributed by atoms with Crippen LogP contribution >= 0.6 is 0 Å². The molecular formula is C18H22N2O4. The molecule has 128 valence electrons. The number of aromatic nitrogens is 1. The van der Waals surface area contributed by atoms with Gasteiger partial charge >= 0.3 is 0 Å². The molecule has 2 heterocycles. The first-order valence-corrected chi connectivity index (χ1v) is 8.03. The zero-order valence-electron chi connectivity index (χ0n) is 14.0. The number of hydrogen-bond acceptors (Lipinski definition) is 4. The highest BCUT2D eigenvalue weighted by Gasteiger charge is 2.35. The summed E-state index contributed by atoms with van der Waals surface area (Å²) in [6.45, 7) is 1.26. The molecule has 3 rings (SSSR count). The van der Waals surface area contributed by atoms with Crippen LogP contribution in [0.25, 0.3) is 10.9 Å². The van der Waals surface area contributed by atoms with E-state index in [4.69, 9.17) is 9.47 Å². The second kappa shape index (κ2) is 7.15. The number of fused-ring (bicyclic) bond motifs is 1. The molecule has 0 bridgehead atoms. The van der Waals surface area contributed by atoms with Crippen LogP contribution in [0.4, 0.5) is 0 Å². The van der Waals surface area contributed by atoms with E-state index < -0.39 is 0 Å². The van der Waals surface area contributed by atoms with E-state index in [1.807, 2.05) is 27.7 Å². The number of ether oxygens (including phenoxy) is 2. The lowest BCUT2D eigenvalue weighted by Gasteiger charge is -2.24. The first-order chi connectivity index (χ1) is 11.6. The number of carbonyl (C=O) groups excluding carboxylic acids is 1. The molecule has 1 aromatic heterocycles. The SMILES string of the molecule is COC[C@@H]1C[C@H](OC)CN1C(=O)Cn1ccc(=O)c2ccccc21. The smallest absolute Gasteiger partial charge is 0.242 e. The molecule has 1 amide bonds. The molecule has 0 aliphatic carbocycles. The van der Waals surface area contributed by atoms with Crippen LogP contribution in [0.2, 0.25) is 0 Å². The Bertz CT molecular complexity index is 786. The third kappa shape index (κ3) is 3.20. The minimum atomic E-state index is -0.0350. The molecule has 1 aliphatic heterocycles. The van der Waals surface area contributed by atoms with Crippen molar-refractivity contribution >= 4 is 16.8 Å². The first kappa shape index (κ1) is 16.7. The van der Waals surface area contributed by atoms with Gasteiger partial charge in [-0.3, -0.25) is 9.59 Å². The van der Waals surface area contributed by atoms with Gasteiger partial charge in [-0.15, -0.1) is 0 Å². The van der Waals surface area contributed by atoms with Crippen molar-refractivity contribution in [1.29, 1.82) is 0 Å². The number of benzene rings is 1. The van der Waals surface area contributed by atoms with Crippen molar-refractivity contribution in [3.63, 3.8) is 0 Å². The van der Waals surface area contributed by atoms with E-state index >= 15 is 0 Å². The topological polar surface area (TPSA) is 60.8 Å². The van der Waals surface area contributed by atoms with E-state index in [0.717, 1.165) is 11.9 Å². The summed E-state index contributed by atoms with van der Waals surface area (Å²) in [5, 5.41) is 0.623. The number of pyridine rings is 1. The quantitative estimate of drug-likeness (QED) is 0.828. The van der Waals surface area contributed by atoms with Crippen LogP contribution in [0.5, 0.6) is 0 Å². The molecule has 1 fully saturated rings. The van der Waals surface area contributed by atoms with Gasteiger partial charge in [0, 0.05) is 38.4 Å². The van der Waals surface area contributed by atoms with Gasteiger partial charge in [-0.05, 0) is 18.6 Å². The van der Waals surface area contributed by atoms with Gasteiger partial charge in [0.1, 0.15) is 6.54 Å². The van der Waals surface area contributed by atoms with Crippen molar-refractivity contribution in [3.05, 3.63) is 46.8 Å². The molecule has 0 unspecified atom stereocenters. The molecule has 1 saturated heterocycles. The van der Waals surface area contributed by atoms with E-state index in [1.54, 1.807) is 26.5 Å². The number of nitrogens with zero attached hydrogens (tertiary/aromatic N) is 2. The van der Waals surface area contributed by atoms with Crippen LogP contribution in [0.3, 0.4) is 0 Å². The van der Waals surface area contributed by atoms with Crippen molar-refractivity contribution in [3.8, 4) is 0 Å². The summed E-state index contributed by atoms with van der Waals surface area (Å²) in [6, 6.07) is 8.87. The number of amides is 1. The Hall–Kier alpha value is -2.18. The molecule has 1 aliphatic rings. The monoisotopic (exact) mass is 330 g/mol. The molecule has 6 heteroatoms. The van der Waals surface area contributed by atoms with Crippen LogP contribution < -0.4 is 5.43 Å². The maximum atomic E-state index is 12.8. The average Bonchev–Trinajstić information content (AvgIpc) is 3.01. The largest absolute Gasteiger partial charge is 0.383 e. The van der Waals surface area contributed by atoms with Crippen molar-refractivity contribution in [1.82, 2.24) is 9.47 Å². The van der Waals surface area contributed by atoms with Crippen LogP contribution in [-0.4, -0.2) is 54.9 Å². The summed E-state index contributed by atoms with van der Waals surface area (Å²) in [5.41, 5.74) is 0.733. The molecule has 1 aromatic carbocycles. The maximum absolute atomic E-state index is 12.8. The summed E-state index contributed by atoms with van der Waals surface area (Å²) < 4.78 is 12.5. The molecule has 0 radical (unpaired) electrons. The van der Waals surface area contributed by atoms with Gasteiger partial charge in [0.15, 0.2) is 5.43 Å². The zero-order valence-corrected chi connectivity index (χ0v) is 14.0. The third-order valence-electron chi connectivity index (χ3n) is 4.58. The van der Waals surface area contributed by atoms with Gasteiger partial charge < -0.3 is 18.9 Å². The Balaban J connectivity index is 1.84. The maximum Gasteiger partial charge on any atom is 0.242 e. The summed E-state index contributed by atoms with van der Waals surface area (Å²) in [7, 11) is 3.30. The summed E-state index contributed by atoms with van der Waals surface area (Å²) in [5.74, 6) is 0.00500. The van der Waals surface area contributed by atoms with E-state index in [-0.39, 0.29) is 30.0 Å². The van der Waals surface area contributed by atoms with Crippen molar-refractivity contribution < 1.29 is 14.3 Å². The van der Waals surface area contributed by atoms with Crippen molar-refractivity contribution in [2.75, 3.05) is 27.4 Å². The minimum Gasteiger partial charge on any atom is -0.383 e. The second-order valence-electron chi connectivity index (χ2n) is 6.07. The summed E-state index contributed by atoms with van der Waals surface area (Å²) >= 11 is 0. The Kier molecular flexibility index (Phi) is 4.97. The number of carbonyl (C=O) groups is 1. The molecule has 2 aromatic rings. The van der Waals surface area contributed by atoms with Gasteiger partial charge in [-0.2, -0.15) is 0 Å². The fourth-order valence-corrected chi connectivity index (χ4v) is 3.33. The number of rotatable bonds is 5. The fraction of sp³-hybridized carbons (Fsp3) is 0.444. The standard InChI is InChI=1S/C18H22N2O4/c1-23-12-13-9-14(24-2)10-20(13)18(22)11-19-8-7-17(21)15-5-3-4-6-16(15)19/h3-8,13-14H,9-12H2,1-2H3/t13-,14-/m0/s1. The normalized spacial score (nSPS) is 20.7. The van der Waals surface area contributed by atoms with Gasteiger partial charge in [0.05, 0.1) is 24.3 Å². The molecule has 0 spiro atoms.